The van der Waals surface area contributed by atoms with E-state index in [0.717, 1.165) is 40.1 Å². The van der Waals surface area contributed by atoms with E-state index >= 15 is 0 Å². The van der Waals surface area contributed by atoms with Crippen LogP contribution in [0, 0.1) is 4.77 Å². The smallest absolute Gasteiger partial charge is 0.178 e. The molecular weight excluding hydrogens is 276 g/mol. The van der Waals surface area contributed by atoms with Gasteiger partial charge >= 0.3 is 0 Å². The van der Waals surface area contributed by atoms with Gasteiger partial charge in [-0.05, 0) is 37.2 Å². The molecule has 19 heavy (non-hydrogen) atoms. The highest BCUT2D eigenvalue weighted by Crippen LogP contribution is 2.30. The van der Waals surface area contributed by atoms with Gasteiger partial charge in [-0.15, -0.1) is 0 Å². The molecule has 0 bridgehead atoms. The number of nitrogens with one attached hydrogen (secondary N) is 1. The molecule has 1 heterocycles. The zero-order valence-electron chi connectivity index (χ0n) is 11.6. The summed E-state index contributed by atoms with van der Waals surface area (Å²) in [5, 5.41) is 0.780. The Labute approximate surface area is 124 Å². The molecular formula is C15H21ClN2S. The third kappa shape index (κ3) is 3.03. The number of fused-ring (bicyclic) bond motifs is 1. The third-order valence-electron chi connectivity index (χ3n) is 3.57. The molecule has 0 aliphatic carbocycles. The number of halogens is 1. The number of unbranched alkanes of at least 4 members (excludes halogenated alkanes) is 1. The van der Waals surface area contributed by atoms with Gasteiger partial charge in [0.2, 0.25) is 0 Å². The summed E-state index contributed by atoms with van der Waals surface area (Å²) in [7, 11) is 0. The van der Waals surface area contributed by atoms with Gasteiger partial charge in [-0.25, -0.2) is 0 Å². The summed E-state index contributed by atoms with van der Waals surface area (Å²) in [6.45, 7) is 4.45. The average molecular weight is 297 g/mol. The quantitative estimate of drug-likeness (QED) is 0.660. The Hall–Kier alpha value is -0.800. The Balaban J connectivity index is 2.51. The summed E-state index contributed by atoms with van der Waals surface area (Å²) >= 11 is 11.9. The topological polar surface area (TPSA) is 20.7 Å². The molecule has 0 aliphatic heterocycles. The second-order valence-electron chi connectivity index (χ2n) is 5.02. The van der Waals surface area contributed by atoms with E-state index in [1.807, 2.05) is 18.2 Å². The minimum atomic E-state index is 0.450. The monoisotopic (exact) mass is 296 g/mol. The number of hydrogen-bond donors (Lipinski definition) is 1. The average Bonchev–Trinajstić information content (AvgIpc) is 2.72. The summed E-state index contributed by atoms with van der Waals surface area (Å²) in [6.07, 6.45) is 5.91. The van der Waals surface area contributed by atoms with Gasteiger partial charge in [0.05, 0.1) is 16.1 Å². The molecule has 1 atom stereocenters. The van der Waals surface area contributed by atoms with Gasteiger partial charge in [0.1, 0.15) is 0 Å². The SMILES string of the molecule is CCCCC(CCC)n1c(=S)[nH]c2cccc(Cl)c21. The summed E-state index contributed by atoms with van der Waals surface area (Å²) < 4.78 is 3.02. The highest BCUT2D eigenvalue weighted by molar-refractivity contribution is 7.71. The van der Waals surface area contributed by atoms with E-state index < -0.39 is 0 Å². The Morgan fingerprint density at radius 1 is 1.26 bits per heavy atom. The van der Waals surface area contributed by atoms with E-state index in [-0.39, 0.29) is 0 Å². The van der Waals surface area contributed by atoms with Crippen LogP contribution >= 0.6 is 23.8 Å². The van der Waals surface area contributed by atoms with Gasteiger partial charge in [-0.2, -0.15) is 0 Å². The number of H-pyrrole nitrogens is 1. The van der Waals surface area contributed by atoms with Crippen molar-refractivity contribution in [1.82, 2.24) is 9.55 Å². The number of rotatable bonds is 6. The van der Waals surface area contributed by atoms with E-state index in [1.165, 1.54) is 12.8 Å². The van der Waals surface area contributed by atoms with Crippen molar-refractivity contribution in [2.24, 2.45) is 0 Å². The Bertz CT molecular complexity index is 600. The van der Waals surface area contributed by atoms with Crippen molar-refractivity contribution in [3.05, 3.63) is 28.0 Å². The first-order valence-electron chi connectivity index (χ1n) is 7.07. The van der Waals surface area contributed by atoms with Crippen molar-refractivity contribution in [3.63, 3.8) is 0 Å². The molecule has 104 valence electrons. The Kier molecular flexibility index (Phi) is 5.06. The maximum atomic E-state index is 6.37. The van der Waals surface area contributed by atoms with Crippen LogP contribution in [0.5, 0.6) is 0 Å². The van der Waals surface area contributed by atoms with Crippen LogP contribution in [-0.2, 0) is 0 Å². The van der Waals surface area contributed by atoms with Crippen LogP contribution in [0.2, 0.25) is 5.02 Å². The first-order chi connectivity index (χ1) is 9.19. The molecule has 2 rings (SSSR count). The Morgan fingerprint density at radius 3 is 2.74 bits per heavy atom. The largest absolute Gasteiger partial charge is 0.331 e. The van der Waals surface area contributed by atoms with Gasteiger partial charge < -0.3 is 9.55 Å². The second-order valence-corrected chi connectivity index (χ2v) is 5.81. The summed E-state index contributed by atoms with van der Waals surface area (Å²) in [5.41, 5.74) is 2.10. The van der Waals surface area contributed by atoms with Gasteiger partial charge in [0, 0.05) is 6.04 Å². The van der Waals surface area contributed by atoms with Crippen LogP contribution in [0.3, 0.4) is 0 Å². The lowest BCUT2D eigenvalue weighted by Crippen LogP contribution is -2.09. The minimum absolute atomic E-state index is 0.450. The number of hydrogen-bond acceptors (Lipinski definition) is 1. The molecule has 1 N–H and O–H groups in total. The number of benzene rings is 1. The maximum Gasteiger partial charge on any atom is 0.178 e. The molecule has 0 aliphatic rings. The summed E-state index contributed by atoms with van der Waals surface area (Å²) in [5.74, 6) is 0. The molecule has 0 amide bonds. The highest BCUT2D eigenvalue weighted by atomic mass is 35.5. The number of imidazole rings is 1. The van der Waals surface area contributed by atoms with Crippen molar-refractivity contribution in [3.8, 4) is 0 Å². The van der Waals surface area contributed by atoms with Gasteiger partial charge in [-0.3, -0.25) is 0 Å². The van der Waals surface area contributed by atoms with Gasteiger partial charge in [-0.1, -0.05) is 50.8 Å². The standard InChI is InChI=1S/C15H21ClN2S/c1-3-5-8-11(7-4-2)18-14-12(16)9-6-10-13(14)17-15(18)19/h6,9-11H,3-5,7-8H2,1-2H3,(H,17,19). The van der Waals surface area contributed by atoms with Crippen LogP contribution in [0.25, 0.3) is 11.0 Å². The van der Waals surface area contributed by atoms with Crippen molar-refractivity contribution in [2.75, 3.05) is 0 Å². The number of para-hydroxylation sites is 1. The third-order valence-corrected chi connectivity index (χ3v) is 4.17. The number of aromatic amines is 1. The first kappa shape index (κ1) is 14.6. The Morgan fingerprint density at radius 2 is 2.05 bits per heavy atom. The molecule has 2 nitrogen and oxygen atoms in total. The summed E-state index contributed by atoms with van der Waals surface area (Å²) in [4.78, 5) is 3.28. The van der Waals surface area contributed by atoms with E-state index in [0.29, 0.717) is 6.04 Å². The van der Waals surface area contributed by atoms with Crippen LogP contribution in [0.1, 0.15) is 52.0 Å². The second kappa shape index (κ2) is 6.58. The zero-order valence-corrected chi connectivity index (χ0v) is 13.2. The van der Waals surface area contributed by atoms with Crippen molar-refractivity contribution < 1.29 is 0 Å². The van der Waals surface area contributed by atoms with Crippen molar-refractivity contribution in [2.45, 2.75) is 52.0 Å². The number of nitrogens with zero attached hydrogens (tertiary/aromatic N) is 1. The summed E-state index contributed by atoms with van der Waals surface area (Å²) in [6, 6.07) is 6.38. The van der Waals surface area contributed by atoms with Crippen LogP contribution < -0.4 is 0 Å². The molecule has 0 radical (unpaired) electrons. The lowest BCUT2D eigenvalue weighted by molar-refractivity contribution is 0.422. The minimum Gasteiger partial charge on any atom is -0.331 e. The normalized spacial score (nSPS) is 13.0. The van der Waals surface area contributed by atoms with Crippen LogP contribution in [0.4, 0.5) is 0 Å². The maximum absolute atomic E-state index is 6.37. The zero-order chi connectivity index (χ0) is 13.8. The highest BCUT2D eigenvalue weighted by Gasteiger charge is 2.16. The number of aromatic nitrogens is 2. The molecule has 0 fully saturated rings. The molecule has 0 saturated heterocycles. The van der Waals surface area contributed by atoms with E-state index in [2.05, 4.69) is 23.4 Å². The molecule has 0 spiro atoms. The van der Waals surface area contributed by atoms with E-state index in [9.17, 15) is 0 Å². The fraction of sp³-hybridized carbons (Fsp3) is 0.533. The molecule has 2 aromatic rings. The molecule has 1 unspecified atom stereocenters. The van der Waals surface area contributed by atoms with Crippen molar-refractivity contribution >= 4 is 34.9 Å². The van der Waals surface area contributed by atoms with E-state index in [1.54, 1.807) is 0 Å². The lowest BCUT2D eigenvalue weighted by atomic mass is 10.0. The molecule has 0 saturated carbocycles. The molecule has 1 aromatic carbocycles. The van der Waals surface area contributed by atoms with Gasteiger partial charge in [0.25, 0.3) is 0 Å². The van der Waals surface area contributed by atoms with Crippen molar-refractivity contribution in [1.29, 1.82) is 0 Å². The van der Waals surface area contributed by atoms with Gasteiger partial charge in [0.15, 0.2) is 4.77 Å². The molecule has 1 aromatic heterocycles. The molecule has 4 heteroatoms. The predicted octanol–water partition coefficient (Wildman–Crippen LogP) is 5.88. The van der Waals surface area contributed by atoms with Crippen LogP contribution in [-0.4, -0.2) is 9.55 Å². The van der Waals surface area contributed by atoms with E-state index in [4.69, 9.17) is 23.8 Å². The fourth-order valence-electron chi connectivity index (χ4n) is 2.66. The van der Waals surface area contributed by atoms with Crippen LogP contribution in [0.15, 0.2) is 18.2 Å². The fourth-order valence-corrected chi connectivity index (χ4v) is 3.28. The predicted molar refractivity (Wildman–Crippen MR) is 85.6 cm³/mol. The lowest BCUT2D eigenvalue weighted by Gasteiger charge is -2.19. The first-order valence-corrected chi connectivity index (χ1v) is 7.86.